The molecule has 0 spiro atoms. The molecule has 4 heteroatoms. The van der Waals surface area contributed by atoms with Crippen molar-refractivity contribution in [3.63, 3.8) is 0 Å². The van der Waals surface area contributed by atoms with Crippen molar-refractivity contribution in [1.82, 2.24) is 5.32 Å². The van der Waals surface area contributed by atoms with E-state index >= 15 is 0 Å². The Kier molecular flexibility index (Phi) is 5.30. The van der Waals surface area contributed by atoms with Gasteiger partial charge in [0.1, 0.15) is 11.9 Å². The van der Waals surface area contributed by atoms with Crippen LogP contribution in [0.5, 0.6) is 0 Å². The van der Waals surface area contributed by atoms with Crippen molar-refractivity contribution >= 4 is 11.8 Å². The second kappa shape index (κ2) is 6.51. The minimum atomic E-state index is -0.446. The van der Waals surface area contributed by atoms with E-state index in [2.05, 4.69) is 5.32 Å². The number of nitrogens with zero attached hydrogens (tertiary/aromatic N) is 1. The number of benzene rings is 1. The maximum absolute atomic E-state index is 13.3. The monoisotopic (exact) mass is 238 g/mol. The highest BCUT2D eigenvalue weighted by Crippen LogP contribution is 2.16. The molecule has 0 bridgehead atoms. The number of hydrogen-bond acceptors (Lipinski definition) is 3. The third kappa shape index (κ3) is 3.51. The lowest BCUT2D eigenvalue weighted by molar-refractivity contribution is 0.584. The Morgan fingerprint density at radius 2 is 2.31 bits per heavy atom. The van der Waals surface area contributed by atoms with Crippen LogP contribution in [-0.4, -0.2) is 18.6 Å². The van der Waals surface area contributed by atoms with Gasteiger partial charge in [-0.05, 0) is 30.9 Å². The van der Waals surface area contributed by atoms with Crippen molar-refractivity contribution in [1.29, 1.82) is 5.26 Å². The van der Waals surface area contributed by atoms with Crippen molar-refractivity contribution in [2.45, 2.75) is 13.0 Å². The van der Waals surface area contributed by atoms with Crippen LogP contribution in [0.4, 0.5) is 4.39 Å². The minimum Gasteiger partial charge on any atom is -0.309 e. The highest BCUT2D eigenvalue weighted by molar-refractivity contribution is 7.98. The van der Waals surface area contributed by atoms with E-state index in [1.165, 1.54) is 12.1 Å². The maximum Gasteiger partial charge on any atom is 0.141 e. The summed E-state index contributed by atoms with van der Waals surface area (Å²) in [7, 11) is 0. The Morgan fingerprint density at radius 3 is 2.88 bits per heavy atom. The fraction of sp³-hybridized carbons (Fsp3) is 0.417. The lowest BCUT2D eigenvalue weighted by Gasteiger charge is -2.14. The molecule has 0 saturated carbocycles. The summed E-state index contributed by atoms with van der Waals surface area (Å²) in [5.41, 5.74) is 0.970. The van der Waals surface area contributed by atoms with Crippen LogP contribution in [0.15, 0.2) is 18.2 Å². The molecule has 0 fully saturated rings. The van der Waals surface area contributed by atoms with Crippen LogP contribution in [0.3, 0.4) is 0 Å². The van der Waals surface area contributed by atoms with E-state index in [0.29, 0.717) is 0 Å². The molecule has 1 rings (SSSR count). The highest BCUT2D eigenvalue weighted by atomic mass is 32.2. The summed E-state index contributed by atoms with van der Waals surface area (Å²) in [4.78, 5) is 0. The fourth-order valence-electron chi connectivity index (χ4n) is 1.39. The Labute approximate surface area is 99.9 Å². The Morgan fingerprint density at radius 1 is 1.56 bits per heavy atom. The summed E-state index contributed by atoms with van der Waals surface area (Å²) < 4.78 is 13.3. The van der Waals surface area contributed by atoms with Crippen LogP contribution in [0, 0.1) is 17.1 Å². The molecule has 1 unspecified atom stereocenters. The number of hydrogen-bond donors (Lipinski definition) is 1. The molecular weight excluding hydrogens is 223 g/mol. The predicted molar refractivity (Wildman–Crippen MR) is 65.9 cm³/mol. The molecule has 2 nitrogen and oxygen atoms in total. The number of halogens is 1. The lowest BCUT2D eigenvalue weighted by atomic mass is 10.1. The van der Waals surface area contributed by atoms with E-state index in [1.54, 1.807) is 17.8 Å². The zero-order chi connectivity index (χ0) is 12.0. The quantitative estimate of drug-likeness (QED) is 0.801. The van der Waals surface area contributed by atoms with Crippen molar-refractivity contribution in [3.05, 3.63) is 35.1 Å². The summed E-state index contributed by atoms with van der Waals surface area (Å²) in [6, 6.07) is 6.66. The maximum atomic E-state index is 13.3. The van der Waals surface area contributed by atoms with Crippen molar-refractivity contribution in [2.75, 3.05) is 18.6 Å². The van der Waals surface area contributed by atoms with Gasteiger partial charge in [-0.2, -0.15) is 17.0 Å². The van der Waals surface area contributed by atoms with Gasteiger partial charge < -0.3 is 5.32 Å². The van der Waals surface area contributed by atoms with E-state index < -0.39 is 5.82 Å². The first kappa shape index (κ1) is 13.0. The van der Waals surface area contributed by atoms with Crippen LogP contribution in [0.2, 0.25) is 0 Å². The van der Waals surface area contributed by atoms with Gasteiger partial charge in [0.15, 0.2) is 0 Å². The second-order valence-electron chi connectivity index (χ2n) is 3.52. The summed E-state index contributed by atoms with van der Waals surface area (Å²) in [6.45, 7) is 2.88. The molecule has 0 saturated heterocycles. The van der Waals surface area contributed by atoms with E-state index in [9.17, 15) is 4.39 Å². The Bertz CT molecular complexity index is 387. The second-order valence-corrected chi connectivity index (χ2v) is 4.51. The molecule has 86 valence electrons. The summed E-state index contributed by atoms with van der Waals surface area (Å²) in [5.74, 6) is 0.585. The van der Waals surface area contributed by atoms with Crippen LogP contribution < -0.4 is 5.32 Å². The summed E-state index contributed by atoms with van der Waals surface area (Å²) >= 11 is 1.77. The van der Waals surface area contributed by atoms with Gasteiger partial charge in [0.05, 0.1) is 5.56 Å². The topological polar surface area (TPSA) is 35.8 Å². The molecule has 0 aliphatic rings. The molecule has 0 radical (unpaired) electrons. The summed E-state index contributed by atoms with van der Waals surface area (Å²) in [6.07, 6.45) is 2.05. The average molecular weight is 238 g/mol. The number of thioether (sulfide) groups is 1. The number of nitrogens with one attached hydrogen (secondary N) is 1. The third-order valence-corrected chi connectivity index (χ3v) is 2.98. The molecule has 1 aromatic rings. The molecule has 0 aromatic heterocycles. The van der Waals surface area contributed by atoms with Gasteiger partial charge in [0, 0.05) is 18.3 Å². The summed E-state index contributed by atoms with van der Waals surface area (Å²) in [5, 5.41) is 11.9. The lowest BCUT2D eigenvalue weighted by Crippen LogP contribution is -2.21. The van der Waals surface area contributed by atoms with Gasteiger partial charge >= 0.3 is 0 Å². The van der Waals surface area contributed by atoms with Gasteiger partial charge in [-0.3, -0.25) is 0 Å². The largest absolute Gasteiger partial charge is 0.309 e. The van der Waals surface area contributed by atoms with Crippen LogP contribution in [0.25, 0.3) is 0 Å². The van der Waals surface area contributed by atoms with E-state index in [4.69, 9.17) is 5.26 Å². The van der Waals surface area contributed by atoms with Crippen LogP contribution >= 0.6 is 11.8 Å². The highest BCUT2D eigenvalue weighted by Gasteiger charge is 2.08. The standard InChI is InChI=1S/C12H15FN2S/c1-9(15-5-6-16-2)10-3-4-11(8-14)12(13)7-10/h3-4,7,9,15H,5-6H2,1-2H3. The first-order valence-corrected chi connectivity index (χ1v) is 6.50. The van der Waals surface area contributed by atoms with Gasteiger partial charge in [-0.1, -0.05) is 6.07 Å². The van der Waals surface area contributed by atoms with Gasteiger partial charge in [-0.25, -0.2) is 4.39 Å². The van der Waals surface area contributed by atoms with Crippen LogP contribution in [-0.2, 0) is 0 Å². The molecule has 1 aromatic carbocycles. The number of nitriles is 1. The normalized spacial score (nSPS) is 12.1. The molecule has 1 atom stereocenters. The van der Waals surface area contributed by atoms with Crippen molar-refractivity contribution in [3.8, 4) is 6.07 Å². The van der Waals surface area contributed by atoms with E-state index in [1.807, 2.05) is 19.2 Å². The van der Waals surface area contributed by atoms with Crippen molar-refractivity contribution < 1.29 is 4.39 Å². The van der Waals surface area contributed by atoms with Gasteiger partial charge in [0.25, 0.3) is 0 Å². The molecule has 1 N–H and O–H groups in total. The van der Waals surface area contributed by atoms with E-state index in [-0.39, 0.29) is 11.6 Å². The Balaban J connectivity index is 2.66. The SMILES string of the molecule is CSCCNC(C)c1ccc(C#N)c(F)c1. The molecule has 0 aliphatic heterocycles. The Hall–Kier alpha value is -1.05. The fourth-order valence-corrected chi connectivity index (χ4v) is 1.71. The van der Waals surface area contributed by atoms with Crippen LogP contribution in [0.1, 0.15) is 24.1 Å². The van der Waals surface area contributed by atoms with E-state index in [0.717, 1.165) is 17.9 Å². The molecule has 0 amide bonds. The molecule has 0 aliphatic carbocycles. The predicted octanol–water partition coefficient (Wildman–Crippen LogP) is 2.71. The molecule has 16 heavy (non-hydrogen) atoms. The van der Waals surface area contributed by atoms with Gasteiger partial charge in [0.2, 0.25) is 0 Å². The third-order valence-electron chi connectivity index (χ3n) is 2.37. The minimum absolute atomic E-state index is 0.0973. The first-order chi connectivity index (χ1) is 7.69. The average Bonchev–Trinajstić information content (AvgIpc) is 2.29. The first-order valence-electron chi connectivity index (χ1n) is 5.11. The zero-order valence-electron chi connectivity index (χ0n) is 9.46. The molecular formula is C12H15FN2S. The molecule has 0 heterocycles. The zero-order valence-corrected chi connectivity index (χ0v) is 10.3. The smallest absolute Gasteiger partial charge is 0.141 e. The number of rotatable bonds is 5. The van der Waals surface area contributed by atoms with Crippen molar-refractivity contribution in [2.24, 2.45) is 0 Å². The van der Waals surface area contributed by atoms with Gasteiger partial charge in [-0.15, -0.1) is 0 Å².